The highest BCUT2D eigenvalue weighted by atomic mass is 35.5. The van der Waals surface area contributed by atoms with Gasteiger partial charge in [0.2, 0.25) is 0 Å². The van der Waals surface area contributed by atoms with Gasteiger partial charge < -0.3 is 4.74 Å². The second-order valence-electron chi connectivity index (χ2n) is 4.59. The average molecular weight is 298 g/mol. The molecule has 0 bridgehead atoms. The fraction of sp³-hybridized carbons (Fsp3) is 0.385. The molecule has 6 heteroatoms. The fourth-order valence-electron chi connectivity index (χ4n) is 2.20. The molecule has 0 unspecified atom stereocenters. The van der Waals surface area contributed by atoms with Crippen LogP contribution >= 0.6 is 23.2 Å². The van der Waals surface area contributed by atoms with Crippen molar-refractivity contribution in [1.29, 1.82) is 0 Å². The molecule has 2 heterocycles. The van der Waals surface area contributed by atoms with Crippen LogP contribution in [-0.2, 0) is 4.74 Å². The van der Waals surface area contributed by atoms with E-state index in [4.69, 9.17) is 27.9 Å². The molecule has 4 nitrogen and oxygen atoms in total. The molecule has 1 aliphatic heterocycles. The van der Waals surface area contributed by atoms with E-state index in [2.05, 4.69) is 10.1 Å². The Bertz CT molecular complexity index is 606. The Balaban J connectivity index is 2.00. The maximum Gasteiger partial charge on any atom is 0.156 e. The second-order valence-corrected chi connectivity index (χ2v) is 5.43. The number of hydrogen-bond acceptors (Lipinski definition) is 3. The molecule has 19 heavy (non-hydrogen) atoms. The van der Waals surface area contributed by atoms with Crippen molar-refractivity contribution in [3.05, 3.63) is 39.9 Å². The van der Waals surface area contributed by atoms with Crippen molar-refractivity contribution < 1.29 is 4.74 Å². The van der Waals surface area contributed by atoms with Gasteiger partial charge in [0.05, 0.1) is 17.3 Å². The molecule has 0 spiro atoms. The maximum atomic E-state index is 6.21. The quantitative estimate of drug-likeness (QED) is 0.853. The minimum Gasteiger partial charge on any atom is -0.381 e. The van der Waals surface area contributed by atoms with Crippen molar-refractivity contribution in [2.45, 2.75) is 19.3 Å². The van der Waals surface area contributed by atoms with Crippen molar-refractivity contribution >= 4 is 23.2 Å². The first kappa shape index (κ1) is 12.9. The number of benzene rings is 1. The summed E-state index contributed by atoms with van der Waals surface area (Å²) in [6.07, 6.45) is 0.970. The maximum absolute atomic E-state index is 6.21. The summed E-state index contributed by atoms with van der Waals surface area (Å²) in [7, 11) is 0. The van der Waals surface area contributed by atoms with E-state index in [1.54, 1.807) is 16.8 Å². The number of rotatable bonds is 2. The molecular weight excluding hydrogens is 285 g/mol. The smallest absolute Gasteiger partial charge is 0.156 e. The highest BCUT2D eigenvalue weighted by Gasteiger charge is 2.23. The van der Waals surface area contributed by atoms with Gasteiger partial charge in [0, 0.05) is 17.5 Å². The SMILES string of the molecule is Cc1nc([C@@H]2CCOC2)nn1-c1ccc(Cl)cc1Cl. The summed E-state index contributed by atoms with van der Waals surface area (Å²) < 4.78 is 7.13. The molecule has 0 amide bonds. The summed E-state index contributed by atoms with van der Waals surface area (Å²) in [4.78, 5) is 4.51. The van der Waals surface area contributed by atoms with E-state index < -0.39 is 0 Å². The predicted octanol–water partition coefficient (Wildman–Crippen LogP) is 3.39. The lowest BCUT2D eigenvalue weighted by molar-refractivity contribution is 0.193. The Kier molecular flexibility index (Phi) is 3.48. The minimum atomic E-state index is 0.283. The largest absolute Gasteiger partial charge is 0.381 e. The van der Waals surface area contributed by atoms with Gasteiger partial charge in [-0.1, -0.05) is 23.2 Å². The van der Waals surface area contributed by atoms with Crippen molar-refractivity contribution in [2.24, 2.45) is 0 Å². The first-order valence-electron chi connectivity index (χ1n) is 6.12. The van der Waals surface area contributed by atoms with Gasteiger partial charge in [-0.05, 0) is 31.5 Å². The summed E-state index contributed by atoms with van der Waals surface area (Å²) in [5, 5.41) is 5.72. The number of hydrogen-bond donors (Lipinski definition) is 0. The Morgan fingerprint density at radius 3 is 2.89 bits per heavy atom. The van der Waals surface area contributed by atoms with Crippen LogP contribution in [0.3, 0.4) is 0 Å². The van der Waals surface area contributed by atoms with Crippen LogP contribution in [0, 0.1) is 6.92 Å². The third-order valence-electron chi connectivity index (χ3n) is 3.22. The van der Waals surface area contributed by atoms with Crippen LogP contribution in [0.2, 0.25) is 10.0 Å². The van der Waals surface area contributed by atoms with E-state index in [1.165, 1.54) is 0 Å². The van der Waals surface area contributed by atoms with Crippen molar-refractivity contribution in [2.75, 3.05) is 13.2 Å². The molecule has 1 aromatic heterocycles. The zero-order valence-electron chi connectivity index (χ0n) is 10.4. The minimum absolute atomic E-state index is 0.283. The van der Waals surface area contributed by atoms with Crippen molar-refractivity contribution in [1.82, 2.24) is 14.8 Å². The van der Waals surface area contributed by atoms with E-state index >= 15 is 0 Å². The molecular formula is C13H13Cl2N3O. The summed E-state index contributed by atoms with van der Waals surface area (Å²) in [5.41, 5.74) is 0.793. The Morgan fingerprint density at radius 2 is 2.21 bits per heavy atom. The second kappa shape index (κ2) is 5.12. The molecule has 1 aromatic carbocycles. The van der Waals surface area contributed by atoms with E-state index in [0.29, 0.717) is 16.7 Å². The van der Waals surface area contributed by atoms with Gasteiger partial charge in [-0.15, -0.1) is 0 Å². The average Bonchev–Trinajstić information content (AvgIpc) is 2.98. The van der Waals surface area contributed by atoms with Gasteiger partial charge in [-0.25, -0.2) is 9.67 Å². The van der Waals surface area contributed by atoms with Crippen molar-refractivity contribution in [3.8, 4) is 5.69 Å². The molecule has 0 aliphatic carbocycles. The van der Waals surface area contributed by atoms with E-state index in [9.17, 15) is 0 Å². The molecule has 1 fully saturated rings. The summed E-state index contributed by atoms with van der Waals surface area (Å²) in [6, 6.07) is 5.35. The van der Waals surface area contributed by atoms with Crippen LogP contribution in [0.4, 0.5) is 0 Å². The Labute approximate surface area is 121 Å². The standard InChI is InChI=1S/C13H13Cl2N3O/c1-8-16-13(9-4-5-19-7-9)17-18(8)12-3-2-10(14)6-11(12)15/h2-3,6,9H,4-5,7H2,1H3/t9-/m1/s1. The Morgan fingerprint density at radius 1 is 1.37 bits per heavy atom. The summed E-state index contributed by atoms with van der Waals surface area (Å²) in [6.45, 7) is 3.38. The van der Waals surface area contributed by atoms with Gasteiger partial charge in [-0.2, -0.15) is 5.10 Å². The lowest BCUT2D eigenvalue weighted by Crippen LogP contribution is -2.03. The van der Waals surface area contributed by atoms with Gasteiger partial charge in [0.25, 0.3) is 0 Å². The summed E-state index contributed by atoms with van der Waals surface area (Å²) in [5.74, 6) is 1.91. The third kappa shape index (κ3) is 2.48. The van der Waals surface area contributed by atoms with E-state index in [0.717, 1.165) is 30.4 Å². The fourth-order valence-corrected chi connectivity index (χ4v) is 2.69. The molecule has 1 atom stereocenters. The van der Waals surface area contributed by atoms with Crippen LogP contribution in [0.1, 0.15) is 24.0 Å². The molecule has 2 aromatic rings. The molecule has 0 saturated carbocycles. The van der Waals surface area contributed by atoms with Crippen LogP contribution in [0.5, 0.6) is 0 Å². The number of aromatic nitrogens is 3. The lowest BCUT2D eigenvalue weighted by atomic mass is 10.1. The summed E-state index contributed by atoms with van der Waals surface area (Å²) >= 11 is 12.1. The first-order chi connectivity index (χ1) is 9.15. The van der Waals surface area contributed by atoms with E-state index in [1.807, 2.05) is 13.0 Å². The molecule has 1 saturated heterocycles. The van der Waals surface area contributed by atoms with Gasteiger partial charge in [-0.3, -0.25) is 0 Å². The number of halogens is 2. The van der Waals surface area contributed by atoms with Crippen LogP contribution in [0.25, 0.3) is 5.69 Å². The topological polar surface area (TPSA) is 39.9 Å². The number of aryl methyl sites for hydroxylation is 1. The highest BCUT2D eigenvalue weighted by molar-refractivity contribution is 6.35. The first-order valence-corrected chi connectivity index (χ1v) is 6.87. The van der Waals surface area contributed by atoms with Gasteiger partial charge >= 0.3 is 0 Å². The number of nitrogens with zero attached hydrogens (tertiary/aromatic N) is 3. The van der Waals surface area contributed by atoms with Crippen LogP contribution in [0.15, 0.2) is 18.2 Å². The lowest BCUT2D eigenvalue weighted by Gasteiger charge is -2.06. The molecule has 3 rings (SSSR count). The van der Waals surface area contributed by atoms with Gasteiger partial charge in [0.15, 0.2) is 5.82 Å². The molecule has 1 aliphatic rings. The Hall–Kier alpha value is -1.10. The van der Waals surface area contributed by atoms with Gasteiger partial charge in [0.1, 0.15) is 5.82 Å². The number of ether oxygens (including phenoxy) is 1. The zero-order valence-corrected chi connectivity index (χ0v) is 11.9. The van der Waals surface area contributed by atoms with Crippen LogP contribution < -0.4 is 0 Å². The molecule has 0 radical (unpaired) electrons. The highest BCUT2D eigenvalue weighted by Crippen LogP contribution is 2.27. The monoisotopic (exact) mass is 297 g/mol. The predicted molar refractivity (Wildman–Crippen MR) is 74.3 cm³/mol. The zero-order chi connectivity index (χ0) is 13.4. The van der Waals surface area contributed by atoms with E-state index in [-0.39, 0.29) is 5.92 Å². The van der Waals surface area contributed by atoms with Crippen LogP contribution in [-0.4, -0.2) is 28.0 Å². The third-order valence-corrected chi connectivity index (χ3v) is 3.76. The normalized spacial score (nSPS) is 19.0. The molecule has 0 N–H and O–H groups in total. The van der Waals surface area contributed by atoms with Crippen molar-refractivity contribution in [3.63, 3.8) is 0 Å². The molecule has 100 valence electrons.